The van der Waals surface area contributed by atoms with Crippen molar-refractivity contribution in [2.75, 3.05) is 17.7 Å². The van der Waals surface area contributed by atoms with Gasteiger partial charge in [-0.15, -0.1) is 0 Å². The Hall–Kier alpha value is -3.93. The van der Waals surface area contributed by atoms with Crippen molar-refractivity contribution in [2.45, 2.75) is 0 Å². The van der Waals surface area contributed by atoms with E-state index >= 15 is 0 Å². The number of fused-ring (bicyclic) bond motifs is 1. The number of carbonyl (C=O) groups excluding carboxylic acids is 1. The van der Waals surface area contributed by atoms with Gasteiger partial charge in [-0.2, -0.15) is 4.98 Å². The number of hydrogen-bond acceptors (Lipinski definition) is 5. The molecular weight excluding hydrogens is 352 g/mol. The predicted molar refractivity (Wildman–Crippen MR) is 110 cm³/mol. The summed E-state index contributed by atoms with van der Waals surface area (Å²) in [4.78, 5) is 21.0. The van der Waals surface area contributed by atoms with Crippen LogP contribution in [0.5, 0.6) is 11.6 Å². The van der Waals surface area contributed by atoms with E-state index in [1.807, 2.05) is 66.7 Å². The molecule has 1 heterocycles. The summed E-state index contributed by atoms with van der Waals surface area (Å²) in [5.41, 5.74) is 1.36. The zero-order valence-corrected chi connectivity index (χ0v) is 15.2. The monoisotopic (exact) mass is 370 g/mol. The second-order valence-corrected chi connectivity index (χ2v) is 6.08. The lowest BCUT2D eigenvalue weighted by atomic mass is 10.0. The number of nitrogens with one attached hydrogen (secondary N) is 2. The molecule has 0 fully saturated rings. The van der Waals surface area contributed by atoms with Gasteiger partial charge in [0, 0.05) is 30.6 Å². The lowest BCUT2D eigenvalue weighted by Gasteiger charge is -2.10. The maximum atomic E-state index is 12.7. The number of nitrogens with zero attached hydrogens (tertiary/aromatic N) is 2. The molecule has 28 heavy (non-hydrogen) atoms. The summed E-state index contributed by atoms with van der Waals surface area (Å²) < 4.78 is 5.83. The first-order valence-electron chi connectivity index (χ1n) is 8.81. The standard InChI is InChI=1S/C22H18N4O2/c1-23-22-24-13-12-20(26-22)28-17-10-11-18-15(14-17)6-5-9-19(18)21(27)25-16-7-3-2-4-8-16/h2-14H,1H3,(H,25,27)(H,23,24,26). The van der Waals surface area contributed by atoms with E-state index < -0.39 is 0 Å². The highest BCUT2D eigenvalue weighted by molar-refractivity contribution is 6.13. The quantitative estimate of drug-likeness (QED) is 0.532. The van der Waals surface area contributed by atoms with Gasteiger partial charge >= 0.3 is 0 Å². The number of rotatable bonds is 5. The van der Waals surface area contributed by atoms with Gasteiger partial charge in [-0.3, -0.25) is 4.79 Å². The Morgan fingerprint density at radius 2 is 1.82 bits per heavy atom. The van der Waals surface area contributed by atoms with Crippen LogP contribution in [0.1, 0.15) is 10.4 Å². The fourth-order valence-electron chi connectivity index (χ4n) is 2.88. The minimum absolute atomic E-state index is 0.153. The predicted octanol–water partition coefficient (Wildman–Crippen LogP) is 4.72. The minimum atomic E-state index is -0.153. The van der Waals surface area contributed by atoms with Crippen LogP contribution >= 0.6 is 0 Å². The average Bonchev–Trinajstić information content (AvgIpc) is 2.74. The summed E-state index contributed by atoms with van der Waals surface area (Å²) in [7, 11) is 1.75. The molecule has 6 nitrogen and oxygen atoms in total. The Morgan fingerprint density at radius 1 is 0.964 bits per heavy atom. The summed E-state index contributed by atoms with van der Waals surface area (Å²) >= 11 is 0. The van der Waals surface area contributed by atoms with E-state index in [4.69, 9.17) is 4.74 Å². The van der Waals surface area contributed by atoms with Crippen molar-refractivity contribution >= 4 is 28.3 Å². The number of carbonyl (C=O) groups is 1. The molecule has 6 heteroatoms. The SMILES string of the molecule is CNc1nccc(Oc2ccc3c(C(=O)Nc4ccccc4)cccc3c2)n1. The lowest BCUT2D eigenvalue weighted by molar-refractivity contribution is 0.102. The van der Waals surface area contributed by atoms with Crippen LogP contribution in [0.25, 0.3) is 10.8 Å². The van der Waals surface area contributed by atoms with Crippen LogP contribution < -0.4 is 15.4 Å². The molecule has 0 saturated heterocycles. The number of ether oxygens (including phenoxy) is 1. The second kappa shape index (κ2) is 7.75. The van der Waals surface area contributed by atoms with E-state index in [1.54, 1.807) is 19.3 Å². The number of aromatic nitrogens is 2. The van der Waals surface area contributed by atoms with Crippen LogP contribution in [0.3, 0.4) is 0 Å². The van der Waals surface area contributed by atoms with Crippen LogP contribution in [-0.2, 0) is 0 Å². The molecule has 0 saturated carbocycles. The Kier molecular flexibility index (Phi) is 4.84. The molecule has 1 amide bonds. The average molecular weight is 370 g/mol. The lowest BCUT2D eigenvalue weighted by Crippen LogP contribution is -2.12. The number of hydrogen-bond donors (Lipinski definition) is 2. The molecule has 2 N–H and O–H groups in total. The van der Waals surface area contributed by atoms with Gasteiger partial charge in [0.2, 0.25) is 11.8 Å². The Balaban J connectivity index is 1.61. The highest BCUT2D eigenvalue weighted by Crippen LogP contribution is 2.27. The largest absolute Gasteiger partial charge is 0.439 e. The summed E-state index contributed by atoms with van der Waals surface area (Å²) in [6.07, 6.45) is 1.63. The number of anilines is 2. The molecule has 1 aromatic heterocycles. The van der Waals surface area contributed by atoms with Gasteiger partial charge in [0.05, 0.1) is 0 Å². The van der Waals surface area contributed by atoms with E-state index in [0.717, 1.165) is 16.5 Å². The third kappa shape index (κ3) is 3.76. The zero-order valence-electron chi connectivity index (χ0n) is 15.2. The number of benzene rings is 3. The second-order valence-electron chi connectivity index (χ2n) is 6.08. The van der Waals surface area contributed by atoms with E-state index in [-0.39, 0.29) is 5.91 Å². The Labute approximate surface area is 162 Å². The Bertz CT molecular complexity index is 1130. The summed E-state index contributed by atoms with van der Waals surface area (Å²) in [5, 5.41) is 7.55. The highest BCUT2D eigenvalue weighted by Gasteiger charge is 2.11. The molecule has 0 spiro atoms. The van der Waals surface area contributed by atoms with Crippen LogP contribution in [0.2, 0.25) is 0 Å². The number of para-hydroxylation sites is 1. The van der Waals surface area contributed by atoms with Gasteiger partial charge < -0.3 is 15.4 Å². The first kappa shape index (κ1) is 17.5. The summed E-state index contributed by atoms with van der Waals surface area (Å²) in [5.74, 6) is 1.41. The first-order valence-corrected chi connectivity index (χ1v) is 8.81. The van der Waals surface area contributed by atoms with Crippen molar-refractivity contribution in [1.82, 2.24) is 9.97 Å². The van der Waals surface area contributed by atoms with Crippen molar-refractivity contribution in [3.8, 4) is 11.6 Å². The maximum absolute atomic E-state index is 12.7. The maximum Gasteiger partial charge on any atom is 0.256 e. The van der Waals surface area contributed by atoms with Gasteiger partial charge in [0.15, 0.2) is 0 Å². The topological polar surface area (TPSA) is 76.1 Å². The highest BCUT2D eigenvalue weighted by atomic mass is 16.5. The van der Waals surface area contributed by atoms with E-state index in [2.05, 4.69) is 20.6 Å². The van der Waals surface area contributed by atoms with Crippen LogP contribution in [-0.4, -0.2) is 22.9 Å². The summed E-state index contributed by atoms with van der Waals surface area (Å²) in [6.45, 7) is 0. The van der Waals surface area contributed by atoms with Crippen molar-refractivity contribution in [3.63, 3.8) is 0 Å². The fourth-order valence-corrected chi connectivity index (χ4v) is 2.88. The van der Waals surface area contributed by atoms with Crippen LogP contribution in [0.15, 0.2) is 79.0 Å². The first-order chi connectivity index (χ1) is 13.7. The van der Waals surface area contributed by atoms with E-state index in [9.17, 15) is 4.79 Å². The van der Waals surface area contributed by atoms with Crippen molar-refractivity contribution in [1.29, 1.82) is 0 Å². The van der Waals surface area contributed by atoms with Gasteiger partial charge in [-0.05, 0) is 47.2 Å². The molecule has 0 aliphatic heterocycles. The van der Waals surface area contributed by atoms with Crippen LogP contribution in [0.4, 0.5) is 11.6 Å². The normalized spacial score (nSPS) is 10.5. The molecular formula is C22H18N4O2. The van der Waals surface area contributed by atoms with Gasteiger partial charge in [0.1, 0.15) is 5.75 Å². The van der Waals surface area contributed by atoms with E-state index in [1.165, 1.54) is 0 Å². The van der Waals surface area contributed by atoms with Crippen molar-refractivity contribution < 1.29 is 9.53 Å². The molecule has 0 aliphatic rings. The molecule has 4 aromatic rings. The summed E-state index contributed by atoms with van der Waals surface area (Å²) in [6, 6.07) is 22.3. The molecule has 4 rings (SSSR count). The van der Waals surface area contributed by atoms with Gasteiger partial charge in [-0.1, -0.05) is 30.3 Å². The molecule has 138 valence electrons. The minimum Gasteiger partial charge on any atom is -0.439 e. The van der Waals surface area contributed by atoms with E-state index in [0.29, 0.717) is 23.1 Å². The fraction of sp³-hybridized carbons (Fsp3) is 0.0455. The zero-order chi connectivity index (χ0) is 19.3. The molecule has 3 aromatic carbocycles. The van der Waals surface area contributed by atoms with Crippen molar-refractivity contribution in [2.24, 2.45) is 0 Å². The molecule has 0 radical (unpaired) electrons. The van der Waals surface area contributed by atoms with Gasteiger partial charge in [0.25, 0.3) is 5.91 Å². The number of amides is 1. The van der Waals surface area contributed by atoms with Gasteiger partial charge in [-0.25, -0.2) is 4.98 Å². The smallest absolute Gasteiger partial charge is 0.256 e. The molecule has 0 unspecified atom stereocenters. The van der Waals surface area contributed by atoms with Crippen LogP contribution in [0, 0.1) is 0 Å². The molecule has 0 bridgehead atoms. The third-order valence-corrected chi connectivity index (χ3v) is 4.20. The van der Waals surface area contributed by atoms with Crippen molar-refractivity contribution in [3.05, 3.63) is 84.6 Å². The molecule has 0 aliphatic carbocycles. The Morgan fingerprint density at radius 3 is 2.64 bits per heavy atom. The third-order valence-electron chi connectivity index (χ3n) is 4.20. The molecule has 0 atom stereocenters.